The number of carboxylic acids is 1. The summed E-state index contributed by atoms with van der Waals surface area (Å²) in [6, 6.07) is 5.19. The lowest BCUT2D eigenvalue weighted by Crippen LogP contribution is -2.42. The van der Waals surface area contributed by atoms with E-state index >= 15 is 0 Å². The van der Waals surface area contributed by atoms with Crippen molar-refractivity contribution in [2.75, 3.05) is 19.7 Å². The number of halogens is 2. The first-order chi connectivity index (χ1) is 12.0. The number of ether oxygens (including phenoxy) is 1. The molecule has 3 rings (SSSR count). The van der Waals surface area contributed by atoms with E-state index in [4.69, 9.17) is 33.0 Å². The lowest BCUT2D eigenvalue weighted by Gasteiger charge is -2.33. The van der Waals surface area contributed by atoms with Gasteiger partial charge in [0.1, 0.15) is 11.8 Å². The maximum absolute atomic E-state index is 12.6. The van der Waals surface area contributed by atoms with Crippen LogP contribution in [-0.2, 0) is 4.74 Å². The molecule has 1 aromatic carbocycles. The van der Waals surface area contributed by atoms with E-state index < -0.39 is 5.97 Å². The average Bonchev–Trinajstić information content (AvgIpc) is 2.63. The zero-order valence-corrected chi connectivity index (χ0v) is 14.4. The molecule has 1 aliphatic heterocycles. The van der Waals surface area contributed by atoms with Gasteiger partial charge in [0.15, 0.2) is 5.69 Å². The minimum absolute atomic E-state index is 0.0831. The molecule has 1 aliphatic rings. The molecule has 0 aliphatic carbocycles. The molecular weight excluding hydrogens is 369 g/mol. The molecule has 7 nitrogen and oxygen atoms in total. The maximum Gasteiger partial charge on any atom is 0.356 e. The van der Waals surface area contributed by atoms with Gasteiger partial charge >= 0.3 is 5.97 Å². The molecule has 0 bridgehead atoms. The highest BCUT2D eigenvalue weighted by Gasteiger charge is 2.27. The van der Waals surface area contributed by atoms with E-state index in [0.717, 1.165) is 18.0 Å². The summed E-state index contributed by atoms with van der Waals surface area (Å²) < 4.78 is 5.72. The number of carbonyl (C=O) groups excluding carboxylic acids is 1. The van der Waals surface area contributed by atoms with Gasteiger partial charge < -0.3 is 14.7 Å². The van der Waals surface area contributed by atoms with Crippen molar-refractivity contribution < 1.29 is 19.4 Å². The van der Waals surface area contributed by atoms with E-state index in [2.05, 4.69) is 9.97 Å². The number of hydrogen-bond acceptors (Lipinski definition) is 5. The molecule has 1 aromatic heterocycles. The molecular formula is C16H13Cl2N3O4. The van der Waals surface area contributed by atoms with Gasteiger partial charge in [-0.2, -0.15) is 0 Å². The second kappa shape index (κ2) is 7.35. The first-order valence-corrected chi connectivity index (χ1v) is 8.12. The van der Waals surface area contributed by atoms with E-state index in [1.54, 1.807) is 23.1 Å². The number of carbonyl (C=O) groups is 2. The summed E-state index contributed by atoms with van der Waals surface area (Å²) in [4.78, 5) is 32.5. The van der Waals surface area contributed by atoms with Crippen LogP contribution in [0.2, 0.25) is 10.0 Å². The molecule has 0 spiro atoms. The van der Waals surface area contributed by atoms with Gasteiger partial charge in [-0.15, -0.1) is 0 Å². The number of aromatic nitrogens is 2. The van der Waals surface area contributed by atoms with Gasteiger partial charge in [-0.05, 0) is 17.7 Å². The first-order valence-electron chi connectivity index (χ1n) is 7.37. The number of aromatic carboxylic acids is 1. The second-order valence-electron chi connectivity index (χ2n) is 5.38. The number of benzene rings is 1. The topological polar surface area (TPSA) is 92.6 Å². The third-order valence-corrected chi connectivity index (χ3v) is 4.50. The van der Waals surface area contributed by atoms with Crippen LogP contribution in [0.25, 0.3) is 0 Å². The number of morpholine rings is 1. The summed E-state index contributed by atoms with van der Waals surface area (Å²) in [6.07, 6.45) is 1.89. The summed E-state index contributed by atoms with van der Waals surface area (Å²) in [5.41, 5.74) is 0.686. The molecule has 9 heteroatoms. The van der Waals surface area contributed by atoms with Gasteiger partial charge in [-0.3, -0.25) is 4.79 Å². The molecule has 0 radical (unpaired) electrons. The van der Waals surface area contributed by atoms with Crippen molar-refractivity contribution >= 4 is 35.1 Å². The maximum atomic E-state index is 12.6. The van der Waals surface area contributed by atoms with Crippen LogP contribution < -0.4 is 0 Å². The lowest BCUT2D eigenvalue weighted by atomic mass is 10.1. The predicted molar refractivity (Wildman–Crippen MR) is 90.0 cm³/mol. The smallest absolute Gasteiger partial charge is 0.356 e. The van der Waals surface area contributed by atoms with E-state index in [-0.39, 0.29) is 23.4 Å². The highest BCUT2D eigenvalue weighted by atomic mass is 35.5. The van der Waals surface area contributed by atoms with Crippen molar-refractivity contribution in [1.82, 2.24) is 14.9 Å². The van der Waals surface area contributed by atoms with Gasteiger partial charge in [0.25, 0.3) is 5.91 Å². The first kappa shape index (κ1) is 17.6. The highest BCUT2D eigenvalue weighted by molar-refractivity contribution is 6.42. The van der Waals surface area contributed by atoms with Crippen molar-refractivity contribution in [1.29, 1.82) is 0 Å². The molecule has 25 heavy (non-hydrogen) atoms. The minimum atomic E-state index is -1.20. The lowest BCUT2D eigenvalue weighted by molar-refractivity contribution is -0.0230. The monoisotopic (exact) mass is 381 g/mol. The van der Waals surface area contributed by atoms with Crippen molar-refractivity contribution in [3.63, 3.8) is 0 Å². The Bertz CT molecular complexity index is 814. The highest BCUT2D eigenvalue weighted by Crippen LogP contribution is 2.29. The summed E-state index contributed by atoms with van der Waals surface area (Å²) in [7, 11) is 0. The third-order valence-electron chi connectivity index (χ3n) is 3.76. The van der Waals surface area contributed by atoms with Crippen molar-refractivity contribution in [3.05, 3.63) is 57.6 Å². The van der Waals surface area contributed by atoms with Crippen molar-refractivity contribution in [3.8, 4) is 0 Å². The van der Waals surface area contributed by atoms with Gasteiger partial charge in [0.2, 0.25) is 0 Å². The summed E-state index contributed by atoms with van der Waals surface area (Å²) in [6.45, 7) is 1.08. The predicted octanol–water partition coefficient (Wildman–Crippen LogP) is 2.70. The molecule has 2 aromatic rings. The summed E-state index contributed by atoms with van der Waals surface area (Å²) in [5, 5.41) is 9.70. The molecule has 1 atom stereocenters. The van der Waals surface area contributed by atoms with Gasteiger partial charge in [-0.25, -0.2) is 14.8 Å². The Morgan fingerprint density at radius 2 is 1.88 bits per heavy atom. The Morgan fingerprint density at radius 3 is 2.52 bits per heavy atom. The molecule has 1 unspecified atom stereocenters. The molecule has 0 saturated carbocycles. The zero-order chi connectivity index (χ0) is 18.0. The Kier molecular flexibility index (Phi) is 5.17. The molecule has 2 heterocycles. The number of nitrogens with zero attached hydrogens (tertiary/aromatic N) is 3. The molecule has 1 saturated heterocycles. The van der Waals surface area contributed by atoms with Crippen LogP contribution in [0, 0.1) is 0 Å². The van der Waals surface area contributed by atoms with Gasteiger partial charge in [0.05, 0.1) is 35.6 Å². The Hall–Kier alpha value is -2.22. The van der Waals surface area contributed by atoms with Crippen LogP contribution in [0.15, 0.2) is 30.6 Å². The van der Waals surface area contributed by atoms with E-state index in [1.165, 1.54) is 0 Å². The fourth-order valence-corrected chi connectivity index (χ4v) is 2.77. The van der Waals surface area contributed by atoms with Crippen molar-refractivity contribution in [2.24, 2.45) is 0 Å². The van der Waals surface area contributed by atoms with E-state index in [1.807, 2.05) is 0 Å². The van der Waals surface area contributed by atoms with Crippen LogP contribution in [0.5, 0.6) is 0 Å². The van der Waals surface area contributed by atoms with Crippen molar-refractivity contribution in [2.45, 2.75) is 6.10 Å². The fraction of sp³-hybridized carbons (Fsp3) is 0.250. The number of rotatable bonds is 3. The largest absolute Gasteiger partial charge is 0.476 e. The SMILES string of the molecule is O=C(O)c1cnc(C(=O)N2CCOC(c3ccc(Cl)c(Cl)c3)C2)cn1. The van der Waals surface area contributed by atoms with Crippen LogP contribution in [0.1, 0.15) is 32.6 Å². The summed E-state index contributed by atoms with van der Waals surface area (Å²) in [5.74, 6) is -1.53. The quantitative estimate of drug-likeness (QED) is 0.878. The van der Waals surface area contributed by atoms with Crippen LogP contribution in [0.4, 0.5) is 0 Å². The Labute approximate surface area is 153 Å². The van der Waals surface area contributed by atoms with Gasteiger partial charge in [-0.1, -0.05) is 29.3 Å². The van der Waals surface area contributed by atoms with E-state index in [9.17, 15) is 9.59 Å². The van der Waals surface area contributed by atoms with Crippen LogP contribution >= 0.6 is 23.2 Å². The number of carboxylic acid groups (broad SMARTS) is 1. The van der Waals surface area contributed by atoms with Gasteiger partial charge in [0, 0.05) is 6.54 Å². The minimum Gasteiger partial charge on any atom is -0.476 e. The standard InChI is InChI=1S/C16H13Cl2N3O4/c17-10-2-1-9(5-11(10)18)14-8-21(3-4-25-14)15(22)12-6-20-13(7-19-12)16(23)24/h1-2,5-7,14H,3-4,8H2,(H,23,24). The average molecular weight is 382 g/mol. The normalized spacial score (nSPS) is 17.4. The molecule has 1 fully saturated rings. The van der Waals surface area contributed by atoms with Crippen LogP contribution in [0.3, 0.4) is 0 Å². The zero-order valence-electron chi connectivity index (χ0n) is 12.9. The van der Waals surface area contributed by atoms with Crippen LogP contribution in [-0.4, -0.2) is 51.5 Å². The Morgan fingerprint density at radius 1 is 1.16 bits per heavy atom. The molecule has 1 N–H and O–H groups in total. The Balaban J connectivity index is 1.75. The third kappa shape index (κ3) is 3.89. The molecule has 1 amide bonds. The second-order valence-corrected chi connectivity index (χ2v) is 6.19. The fourth-order valence-electron chi connectivity index (χ4n) is 2.46. The van der Waals surface area contributed by atoms with E-state index in [0.29, 0.717) is 29.7 Å². The summed E-state index contributed by atoms with van der Waals surface area (Å²) >= 11 is 12.0. The number of hydrogen-bond donors (Lipinski definition) is 1. The molecule has 130 valence electrons. The number of amides is 1.